The van der Waals surface area contributed by atoms with Crippen LogP contribution in [0.1, 0.15) is 12.6 Å². The highest BCUT2D eigenvalue weighted by Gasteiger charge is 2.13. The average Bonchev–Trinajstić information content (AvgIpc) is 2.63. The van der Waals surface area contributed by atoms with Crippen LogP contribution in [0.15, 0.2) is 14.3 Å². The Bertz CT molecular complexity index is 551. The number of nitrogen functional groups attached to an aromatic ring is 1. The fourth-order valence-corrected chi connectivity index (χ4v) is 3.91. The molecule has 0 spiro atoms. The Hall–Kier alpha value is 0.270. The number of nitrogens with two attached hydrogens (primary N) is 1. The molecule has 2 aromatic heterocycles. The first-order chi connectivity index (χ1) is 8.02. The lowest BCUT2D eigenvalue weighted by atomic mass is 10.3. The van der Waals surface area contributed by atoms with E-state index >= 15 is 0 Å². The Morgan fingerprint density at radius 2 is 2.12 bits per heavy atom. The molecule has 17 heavy (non-hydrogen) atoms. The number of aryl methyl sites for hydroxylation is 1. The molecule has 0 saturated heterocycles. The lowest BCUT2D eigenvalue weighted by Crippen LogP contribution is -2.03. The van der Waals surface area contributed by atoms with Crippen LogP contribution in [0.4, 0.5) is 5.82 Å². The van der Waals surface area contributed by atoms with Gasteiger partial charge in [-0.3, -0.25) is 0 Å². The predicted molar refractivity (Wildman–Crippen MR) is 87.3 cm³/mol. The predicted octanol–water partition coefficient (Wildman–Crippen LogP) is 4.48. The van der Waals surface area contributed by atoms with E-state index in [0.29, 0.717) is 11.6 Å². The highest BCUT2D eigenvalue weighted by atomic mass is 127. The summed E-state index contributed by atoms with van der Waals surface area (Å²) in [5, 5.41) is 0. The first-order valence-corrected chi connectivity index (χ1v) is 8.28. The van der Waals surface area contributed by atoms with Gasteiger partial charge in [0.1, 0.15) is 5.82 Å². The second-order valence-corrected chi connectivity index (χ2v) is 7.58. The van der Waals surface area contributed by atoms with Gasteiger partial charge >= 0.3 is 0 Å². The molecular formula is C10H8Br2IN3S. The number of hydrogen-bond donors (Lipinski definition) is 1. The largest absolute Gasteiger partial charge is 0.383 e. The molecule has 2 heterocycles. The fourth-order valence-electron chi connectivity index (χ4n) is 1.31. The minimum atomic E-state index is 0.549. The van der Waals surface area contributed by atoms with Gasteiger partial charge in [0.2, 0.25) is 0 Å². The number of nitrogens with zero attached hydrogens (tertiary/aromatic N) is 2. The van der Waals surface area contributed by atoms with Gasteiger partial charge in [-0.05, 0) is 66.9 Å². The molecule has 0 saturated carbocycles. The number of rotatable bonds is 2. The van der Waals surface area contributed by atoms with Gasteiger partial charge in [-0.15, -0.1) is 11.3 Å². The van der Waals surface area contributed by atoms with E-state index in [2.05, 4.69) is 71.3 Å². The van der Waals surface area contributed by atoms with Crippen LogP contribution in [-0.4, -0.2) is 9.97 Å². The molecule has 0 aliphatic rings. The summed E-state index contributed by atoms with van der Waals surface area (Å²) >= 11 is 10.7. The van der Waals surface area contributed by atoms with Crippen LogP contribution in [0.3, 0.4) is 0 Å². The molecule has 0 aliphatic carbocycles. The van der Waals surface area contributed by atoms with E-state index in [1.54, 1.807) is 11.3 Å². The van der Waals surface area contributed by atoms with Gasteiger partial charge in [0.25, 0.3) is 0 Å². The molecule has 0 aromatic carbocycles. The Kier molecular flexibility index (Phi) is 4.43. The normalized spacial score (nSPS) is 10.8. The summed E-state index contributed by atoms with van der Waals surface area (Å²) in [6.45, 7) is 2.06. The van der Waals surface area contributed by atoms with E-state index in [1.807, 2.05) is 6.07 Å². The smallest absolute Gasteiger partial charge is 0.172 e. The number of halogens is 3. The molecular weight excluding hydrogens is 481 g/mol. The summed E-state index contributed by atoms with van der Waals surface area (Å²) in [6.07, 6.45) is 0.853. The minimum absolute atomic E-state index is 0.549. The quantitative estimate of drug-likeness (QED) is 0.634. The van der Waals surface area contributed by atoms with Crippen molar-refractivity contribution in [2.75, 3.05) is 5.73 Å². The highest BCUT2D eigenvalue weighted by Crippen LogP contribution is 2.37. The van der Waals surface area contributed by atoms with Crippen LogP contribution < -0.4 is 5.73 Å². The average molecular weight is 489 g/mol. The number of aromatic nitrogens is 2. The van der Waals surface area contributed by atoms with Crippen LogP contribution in [-0.2, 0) is 6.42 Å². The van der Waals surface area contributed by atoms with Crippen molar-refractivity contribution < 1.29 is 0 Å². The van der Waals surface area contributed by atoms with E-state index in [-0.39, 0.29) is 0 Å². The molecule has 0 unspecified atom stereocenters. The van der Waals surface area contributed by atoms with Gasteiger partial charge in [-0.2, -0.15) is 0 Å². The van der Waals surface area contributed by atoms with E-state index in [0.717, 1.165) is 28.8 Å². The maximum Gasteiger partial charge on any atom is 0.172 e. The monoisotopic (exact) mass is 487 g/mol. The van der Waals surface area contributed by atoms with Crippen LogP contribution in [0.2, 0.25) is 0 Å². The first-order valence-electron chi connectivity index (χ1n) is 4.80. The summed E-state index contributed by atoms with van der Waals surface area (Å²) in [4.78, 5) is 9.88. The van der Waals surface area contributed by atoms with Gasteiger partial charge in [0.05, 0.1) is 17.9 Å². The molecule has 0 aliphatic heterocycles. The number of thiophene rings is 1. The van der Waals surface area contributed by atoms with E-state index in [9.17, 15) is 0 Å². The molecule has 2 N–H and O–H groups in total. The van der Waals surface area contributed by atoms with Crippen molar-refractivity contribution in [1.82, 2.24) is 9.97 Å². The van der Waals surface area contributed by atoms with Gasteiger partial charge in [0.15, 0.2) is 5.82 Å². The lowest BCUT2D eigenvalue weighted by Gasteiger charge is -2.05. The third-order valence-corrected chi connectivity index (χ3v) is 6.57. The molecule has 3 nitrogen and oxygen atoms in total. The minimum Gasteiger partial charge on any atom is -0.383 e. The molecule has 2 rings (SSSR count). The van der Waals surface area contributed by atoms with Crippen molar-refractivity contribution in [2.45, 2.75) is 13.3 Å². The van der Waals surface area contributed by atoms with Crippen LogP contribution in [0.25, 0.3) is 10.7 Å². The zero-order valence-corrected chi connectivity index (χ0v) is 14.9. The Balaban J connectivity index is 2.56. The maximum atomic E-state index is 5.90. The molecule has 0 bridgehead atoms. The molecule has 0 fully saturated rings. The molecule has 0 radical (unpaired) electrons. The lowest BCUT2D eigenvalue weighted by molar-refractivity contribution is 0.996. The van der Waals surface area contributed by atoms with Gasteiger partial charge in [-0.25, -0.2) is 9.97 Å². The second kappa shape index (κ2) is 5.50. The third kappa shape index (κ3) is 2.82. The molecule has 0 atom stereocenters. The van der Waals surface area contributed by atoms with Crippen molar-refractivity contribution in [3.63, 3.8) is 0 Å². The Morgan fingerprint density at radius 1 is 1.41 bits per heavy atom. The van der Waals surface area contributed by atoms with Crippen molar-refractivity contribution in [3.8, 4) is 10.7 Å². The fraction of sp³-hybridized carbons (Fsp3) is 0.200. The standard InChI is InChI=1S/C10H8Br2IN3S/c1-2-5-7(13)9(14)16-10(15-5)6-3-4(11)8(12)17-6/h3H,2H2,1H3,(H2,14,15,16). The SMILES string of the molecule is CCc1nc(-c2cc(Br)c(Br)s2)nc(N)c1I. The van der Waals surface area contributed by atoms with Crippen LogP contribution in [0, 0.1) is 3.57 Å². The maximum absolute atomic E-state index is 5.90. The van der Waals surface area contributed by atoms with Gasteiger partial charge in [0, 0.05) is 4.47 Å². The topological polar surface area (TPSA) is 51.8 Å². The first kappa shape index (κ1) is 13.7. The number of hydrogen-bond acceptors (Lipinski definition) is 4. The molecule has 90 valence electrons. The zero-order chi connectivity index (χ0) is 12.6. The Morgan fingerprint density at radius 3 is 2.65 bits per heavy atom. The van der Waals surface area contributed by atoms with Crippen molar-refractivity contribution >= 4 is 71.6 Å². The van der Waals surface area contributed by atoms with E-state index in [4.69, 9.17) is 5.73 Å². The van der Waals surface area contributed by atoms with Crippen LogP contribution in [0.5, 0.6) is 0 Å². The summed E-state index contributed by atoms with van der Waals surface area (Å²) in [5.41, 5.74) is 6.90. The van der Waals surface area contributed by atoms with Gasteiger partial charge < -0.3 is 5.73 Å². The highest BCUT2D eigenvalue weighted by molar-refractivity contribution is 14.1. The van der Waals surface area contributed by atoms with E-state index < -0.39 is 0 Å². The number of anilines is 1. The molecule has 2 aromatic rings. The summed E-state index contributed by atoms with van der Waals surface area (Å²) < 4.78 is 2.99. The molecule has 7 heteroatoms. The van der Waals surface area contributed by atoms with Gasteiger partial charge in [-0.1, -0.05) is 6.92 Å². The van der Waals surface area contributed by atoms with Crippen molar-refractivity contribution in [2.24, 2.45) is 0 Å². The summed E-state index contributed by atoms with van der Waals surface area (Å²) in [7, 11) is 0. The second-order valence-electron chi connectivity index (χ2n) is 3.28. The Labute approximate surface area is 134 Å². The zero-order valence-electron chi connectivity index (χ0n) is 8.80. The van der Waals surface area contributed by atoms with Crippen LogP contribution >= 0.6 is 65.8 Å². The summed E-state index contributed by atoms with van der Waals surface area (Å²) in [5.74, 6) is 1.24. The third-order valence-electron chi connectivity index (χ3n) is 2.15. The van der Waals surface area contributed by atoms with Crippen molar-refractivity contribution in [3.05, 3.63) is 23.6 Å². The van der Waals surface area contributed by atoms with E-state index in [1.165, 1.54) is 0 Å². The van der Waals surface area contributed by atoms with Crippen molar-refractivity contribution in [1.29, 1.82) is 0 Å². The summed E-state index contributed by atoms with van der Waals surface area (Å²) in [6, 6.07) is 2.00. The molecule has 0 amide bonds.